The van der Waals surface area contributed by atoms with E-state index in [9.17, 15) is 10.1 Å². The summed E-state index contributed by atoms with van der Waals surface area (Å²) < 4.78 is 0.911. The number of nitrogens with zero attached hydrogens (tertiary/aromatic N) is 3. The molecule has 0 saturated carbocycles. The van der Waals surface area contributed by atoms with Gasteiger partial charge in [-0.2, -0.15) is 0 Å². The van der Waals surface area contributed by atoms with Gasteiger partial charge in [0.1, 0.15) is 10.7 Å². The molecule has 6 nitrogen and oxygen atoms in total. The van der Waals surface area contributed by atoms with Crippen molar-refractivity contribution in [1.82, 2.24) is 10.2 Å². The molecule has 0 radical (unpaired) electrons. The Morgan fingerprint density at radius 2 is 2.24 bits per heavy atom. The molecule has 2 aromatic rings. The highest BCUT2D eigenvalue weighted by Crippen LogP contribution is 2.30. The van der Waals surface area contributed by atoms with E-state index in [2.05, 4.69) is 15.5 Å². The molecule has 0 spiro atoms. The van der Waals surface area contributed by atoms with Crippen molar-refractivity contribution in [1.29, 1.82) is 0 Å². The molecule has 0 saturated heterocycles. The van der Waals surface area contributed by atoms with E-state index >= 15 is 0 Å². The number of nitro groups is 1. The lowest BCUT2D eigenvalue weighted by Gasteiger charge is -2.08. The number of hydrogen-bond donors (Lipinski definition) is 1. The SMILES string of the molecule is CCCNc1cc(CSc2nnc(C)s2)ccc1[N+](=O)[O-]. The molecule has 0 atom stereocenters. The van der Waals surface area contributed by atoms with Crippen LogP contribution in [0.4, 0.5) is 11.4 Å². The van der Waals surface area contributed by atoms with Gasteiger partial charge in [-0.15, -0.1) is 10.2 Å². The summed E-state index contributed by atoms with van der Waals surface area (Å²) in [5.74, 6) is 0.716. The molecule has 0 aliphatic heterocycles. The Bertz CT molecular complexity index is 630. The summed E-state index contributed by atoms with van der Waals surface area (Å²) >= 11 is 3.14. The van der Waals surface area contributed by atoms with Crippen LogP contribution in [0.5, 0.6) is 0 Å². The minimum Gasteiger partial charge on any atom is -0.379 e. The van der Waals surface area contributed by atoms with Crippen LogP contribution in [0.15, 0.2) is 22.5 Å². The molecular weight excluding hydrogens is 308 g/mol. The van der Waals surface area contributed by atoms with Gasteiger partial charge < -0.3 is 5.32 Å². The lowest BCUT2D eigenvalue weighted by Crippen LogP contribution is -2.03. The largest absolute Gasteiger partial charge is 0.379 e. The topological polar surface area (TPSA) is 81.0 Å². The van der Waals surface area contributed by atoms with E-state index in [1.807, 2.05) is 19.9 Å². The molecular formula is C13H16N4O2S2. The van der Waals surface area contributed by atoms with Crippen molar-refractivity contribution in [2.45, 2.75) is 30.4 Å². The molecule has 2 rings (SSSR count). The van der Waals surface area contributed by atoms with Crippen molar-refractivity contribution in [3.05, 3.63) is 38.9 Å². The number of aromatic nitrogens is 2. The average Bonchev–Trinajstić information content (AvgIpc) is 2.88. The smallest absolute Gasteiger partial charge is 0.292 e. The summed E-state index contributed by atoms with van der Waals surface area (Å²) in [6, 6.07) is 5.18. The Balaban J connectivity index is 2.10. The van der Waals surface area contributed by atoms with Crippen LogP contribution < -0.4 is 5.32 Å². The average molecular weight is 324 g/mol. The first-order chi connectivity index (χ1) is 10.1. The third-order valence-corrected chi connectivity index (χ3v) is 4.74. The van der Waals surface area contributed by atoms with Crippen molar-refractivity contribution in [3.63, 3.8) is 0 Å². The predicted octanol–water partition coefficient (Wildman–Crippen LogP) is 3.87. The number of nitrogens with one attached hydrogen (secondary N) is 1. The maximum Gasteiger partial charge on any atom is 0.292 e. The number of thioether (sulfide) groups is 1. The maximum atomic E-state index is 11.0. The lowest BCUT2D eigenvalue weighted by molar-refractivity contribution is -0.384. The fourth-order valence-corrected chi connectivity index (χ4v) is 3.47. The second-order valence-electron chi connectivity index (χ2n) is 4.41. The highest BCUT2D eigenvalue weighted by atomic mass is 32.2. The Morgan fingerprint density at radius 1 is 1.43 bits per heavy atom. The predicted molar refractivity (Wildman–Crippen MR) is 86.1 cm³/mol. The van der Waals surface area contributed by atoms with Crippen molar-refractivity contribution >= 4 is 34.5 Å². The Kier molecular flexibility index (Phi) is 5.51. The van der Waals surface area contributed by atoms with E-state index in [0.717, 1.165) is 21.3 Å². The van der Waals surface area contributed by atoms with Gasteiger partial charge in [-0.3, -0.25) is 10.1 Å². The molecule has 0 aliphatic carbocycles. The molecule has 0 unspecified atom stereocenters. The third kappa shape index (κ3) is 4.40. The molecule has 1 aromatic heterocycles. The van der Waals surface area contributed by atoms with Gasteiger partial charge >= 0.3 is 0 Å². The van der Waals surface area contributed by atoms with Crippen LogP contribution >= 0.6 is 23.1 Å². The van der Waals surface area contributed by atoms with Crippen LogP contribution in [0.1, 0.15) is 23.9 Å². The minimum absolute atomic E-state index is 0.115. The molecule has 0 amide bonds. The zero-order valence-corrected chi connectivity index (χ0v) is 13.5. The maximum absolute atomic E-state index is 11.0. The molecule has 112 valence electrons. The van der Waals surface area contributed by atoms with Crippen molar-refractivity contribution in [2.75, 3.05) is 11.9 Å². The minimum atomic E-state index is -0.358. The quantitative estimate of drug-likeness (QED) is 0.473. The first-order valence-corrected chi connectivity index (χ1v) is 8.34. The van der Waals surface area contributed by atoms with E-state index in [0.29, 0.717) is 18.0 Å². The standard InChI is InChI=1S/C13H16N4O2S2/c1-3-6-14-11-7-10(4-5-12(11)17(18)19)8-20-13-16-15-9(2)21-13/h4-5,7,14H,3,6,8H2,1-2H3. The Labute approximate surface area is 131 Å². The fraction of sp³-hybridized carbons (Fsp3) is 0.385. The van der Waals surface area contributed by atoms with Crippen molar-refractivity contribution in [2.24, 2.45) is 0 Å². The van der Waals surface area contributed by atoms with Crippen LogP contribution in [0.2, 0.25) is 0 Å². The van der Waals surface area contributed by atoms with Gasteiger partial charge in [0.2, 0.25) is 0 Å². The van der Waals surface area contributed by atoms with Crippen molar-refractivity contribution in [3.8, 4) is 0 Å². The van der Waals surface area contributed by atoms with E-state index in [1.165, 1.54) is 0 Å². The molecule has 1 heterocycles. The fourth-order valence-electron chi connectivity index (χ4n) is 1.72. The lowest BCUT2D eigenvalue weighted by atomic mass is 10.2. The highest BCUT2D eigenvalue weighted by molar-refractivity contribution is 8.00. The summed E-state index contributed by atoms with van der Waals surface area (Å²) in [5, 5.41) is 23.1. The summed E-state index contributed by atoms with van der Waals surface area (Å²) in [6.07, 6.45) is 0.917. The molecule has 0 aliphatic rings. The molecule has 1 N–H and O–H groups in total. The summed E-state index contributed by atoms with van der Waals surface area (Å²) in [5.41, 5.74) is 1.72. The van der Waals surface area contributed by atoms with Gasteiger partial charge in [0.05, 0.1) is 4.92 Å². The Morgan fingerprint density at radius 3 is 2.86 bits per heavy atom. The third-order valence-electron chi connectivity index (χ3n) is 2.69. The summed E-state index contributed by atoms with van der Waals surface area (Å²) in [6.45, 7) is 4.66. The molecule has 0 bridgehead atoms. The van der Waals surface area contributed by atoms with Crippen molar-refractivity contribution < 1.29 is 4.92 Å². The number of anilines is 1. The van der Waals surface area contributed by atoms with Gasteiger partial charge in [0, 0.05) is 18.4 Å². The molecule has 0 fully saturated rings. The van der Waals surface area contributed by atoms with Crippen LogP contribution in [-0.4, -0.2) is 21.7 Å². The van der Waals surface area contributed by atoms with Gasteiger partial charge in [-0.1, -0.05) is 36.1 Å². The van der Waals surface area contributed by atoms with Gasteiger partial charge in [0.25, 0.3) is 5.69 Å². The molecule has 1 aromatic carbocycles. The normalized spacial score (nSPS) is 10.6. The number of benzene rings is 1. The first kappa shape index (κ1) is 15.7. The molecule has 8 heteroatoms. The zero-order chi connectivity index (χ0) is 15.2. The monoisotopic (exact) mass is 324 g/mol. The second kappa shape index (κ2) is 7.37. The van der Waals surface area contributed by atoms with Crippen LogP contribution in [-0.2, 0) is 5.75 Å². The molecule has 21 heavy (non-hydrogen) atoms. The van der Waals surface area contributed by atoms with Crippen LogP contribution in [0.3, 0.4) is 0 Å². The van der Waals surface area contributed by atoms with Crippen LogP contribution in [0, 0.1) is 17.0 Å². The van der Waals surface area contributed by atoms with Gasteiger partial charge in [0.15, 0.2) is 4.34 Å². The van der Waals surface area contributed by atoms with Gasteiger partial charge in [-0.25, -0.2) is 0 Å². The number of aryl methyl sites for hydroxylation is 1. The van der Waals surface area contributed by atoms with Gasteiger partial charge in [-0.05, 0) is 25.0 Å². The number of nitro benzene ring substituents is 1. The summed E-state index contributed by atoms with van der Waals surface area (Å²) in [4.78, 5) is 10.7. The highest BCUT2D eigenvalue weighted by Gasteiger charge is 2.14. The number of hydrogen-bond acceptors (Lipinski definition) is 7. The zero-order valence-electron chi connectivity index (χ0n) is 11.8. The van der Waals surface area contributed by atoms with E-state index in [4.69, 9.17) is 0 Å². The van der Waals surface area contributed by atoms with E-state index < -0.39 is 0 Å². The summed E-state index contributed by atoms with van der Waals surface area (Å²) in [7, 11) is 0. The van der Waals surface area contributed by atoms with E-state index in [-0.39, 0.29) is 10.6 Å². The first-order valence-electron chi connectivity index (χ1n) is 6.54. The second-order valence-corrected chi connectivity index (χ2v) is 6.82. The number of rotatable bonds is 7. The Hall–Kier alpha value is -1.67. The van der Waals surface area contributed by atoms with Crippen LogP contribution in [0.25, 0.3) is 0 Å². The van der Waals surface area contributed by atoms with E-state index in [1.54, 1.807) is 35.2 Å².